The van der Waals surface area contributed by atoms with Crippen molar-refractivity contribution < 1.29 is 56.9 Å². The zero-order valence-corrected chi connectivity index (χ0v) is 31.3. The number of fused-ring (bicyclic) bond motifs is 1. The molecule has 0 unspecified atom stereocenters. The second-order valence-corrected chi connectivity index (χ2v) is 12.1. The number of carbonyl (C=O) groups is 1. The Morgan fingerprint density at radius 1 is 0.736 bits per heavy atom. The summed E-state index contributed by atoms with van der Waals surface area (Å²) in [5, 5.41) is 11.2. The predicted octanol–water partition coefficient (Wildman–Crippen LogP) is 5.26. The van der Waals surface area contributed by atoms with Gasteiger partial charge in [-0.05, 0) is 65.1 Å². The SMILES string of the molecule is COC(=O)C[C@H](c1cc(OC)c(OC)c(OC)c1)c1oc(CN2CCc3cc(OC)c(OC)cc3[C@@H]2c2cc(OC)c(OC)c(OC)c2)cc(=O)c1O. The lowest BCUT2D eigenvalue weighted by Gasteiger charge is -2.38. The molecule has 1 aromatic heterocycles. The number of rotatable bonds is 15. The molecule has 1 N–H and O–H groups in total. The summed E-state index contributed by atoms with van der Waals surface area (Å²) in [6, 6.07) is 11.7. The minimum atomic E-state index is -0.978. The summed E-state index contributed by atoms with van der Waals surface area (Å²) in [5.74, 6) is 1.34. The van der Waals surface area contributed by atoms with Crippen molar-refractivity contribution in [3.05, 3.63) is 86.5 Å². The second kappa shape index (κ2) is 16.7. The molecule has 0 spiro atoms. The van der Waals surface area contributed by atoms with E-state index in [1.807, 2.05) is 24.3 Å². The maximum Gasteiger partial charge on any atom is 0.306 e. The van der Waals surface area contributed by atoms with Gasteiger partial charge < -0.3 is 52.2 Å². The first-order chi connectivity index (χ1) is 25.6. The maximum absolute atomic E-state index is 13.5. The van der Waals surface area contributed by atoms with Crippen molar-refractivity contribution in [2.45, 2.75) is 31.3 Å². The van der Waals surface area contributed by atoms with Gasteiger partial charge in [0.1, 0.15) is 5.76 Å². The van der Waals surface area contributed by atoms with Crippen LogP contribution in [0, 0.1) is 0 Å². The van der Waals surface area contributed by atoms with Crippen molar-refractivity contribution >= 4 is 5.97 Å². The summed E-state index contributed by atoms with van der Waals surface area (Å²) in [5.41, 5.74) is 2.52. The highest BCUT2D eigenvalue weighted by atomic mass is 16.5. The second-order valence-electron chi connectivity index (χ2n) is 12.1. The van der Waals surface area contributed by atoms with Crippen molar-refractivity contribution in [3.63, 3.8) is 0 Å². The van der Waals surface area contributed by atoms with Crippen LogP contribution in [0.15, 0.2) is 51.7 Å². The highest BCUT2D eigenvalue weighted by molar-refractivity contribution is 5.72. The zero-order chi connectivity index (χ0) is 38.4. The Hall–Kier alpha value is -5.76. The van der Waals surface area contributed by atoms with E-state index in [-0.39, 0.29) is 24.5 Å². The van der Waals surface area contributed by atoms with Gasteiger partial charge in [0.15, 0.2) is 40.3 Å². The molecule has 0 saturated heterocycles. The zero-order valence-electron chi connectivity index (χ0n) is 31.3. The van der Waals surface area contributed by atoms with Crippen molar-refractivity contribution in [2.24, 2.45) is 0 Å². The van der Waals surface area contributed by atoms with Gasteiger partial charge in [-0.25, -0.2) is 0 Å². The van der Waals surface area contributed by atoms with Gasteiger partial charge in [-0.3, -0.25) is 14.5 Å². The molecule has 0 amide bonds. The number of aromatic hydroxyl groups is 1. The molecule has 0 aliphatic carbocycles. The Balaban J connectivity index is 1.68. The first-order valence-corrected chi connectivity index (χ1v) is 16.6. The van der Waals surface area contributed by atoms with Crippen LogP contribution in [0.2, 0.25) is 0 Å². The number of esters is 1. The first-order valence-electron chi connectivity index (χ1n) is 16.6. The molecule has 14 heteroatoms. The number of carbonyl (C=O) groups excluding carboxylic acids is 1. The summed E-state index contributed by atoms with van der Waals surface area (Å²) >= 11 is 0. The third kappa shape index (κ3) is 7.58. The van der Waals surface area contributed by atoms with Crippen molar-refractivity contribution in [3.8, 4) is 51.7 Å². The number of methoxy groups -OCH3 is 9. The van der Waals surface area contributed by atoms with Gasteiger partial charge in [-0.1, -0.05) is 0 Å². The monoisotopic (exact) mass is 735 g/mol. The van der Waals surface area contributed by atoms with Gasteiger partial charge in [0.25, 0.3) is 0 Å². The van der Waals surface area contributed by atoms with Crippen LogP contribution < -0.4 is 43.3 Å². The molecular weight excluding hydrogens is 690 g/mol. The summed E-state index contributed by atoms with van der Waals surface area (Å²) < 4.78 is 56.4. The van der Waals surface area contributed by atoms with Crippen molar-refractivity contribution in [1.82, 2.24) is 4.90 Å². The van der Waals surface area contributed by atoms with E-state index in [4.69, 9.17) is 47.0 Å². The Kier molecular flexibility index (Phi) is 12.1. The Morgan fingerprint density at radius 3 is 1.77 bits per heavy atom. The van der Waals surface area contributed by atoms with E-state index in [1.54, 1.807) is 40.6 Å². The van der Waals surface area contributed by atoms with Crippen LogP contribution in [0.1, 0.15) is 52.2 Å². The number of nitrogens with zero attached hydrogens (tertiary/aromatic N) is 1. The molecule has 4 aromatic rings. The van der Waals surface area contributed by atoms with Crippen LogP contribution in [0.3, 0.4) is 0 Å². The van der Waals surface area contributed by atoms with Crippen LogP contribution in [-0.2, 0) is 22.5 Å². The molecule has 0 saturated carbocycles. The van der Waals surface area contributed by atoms with E-state index < -0.39 is 29.1 Å². The highest BCUT2D eigenvalue weighted by Crippen LogP contribution is 2.47. The molecule has 1 aliphatic heterocycles. The van der Waals surface area contributed by atoms with Gasteiger partial charge in [0.2, 0.25) is 22.7 Å². The minimum absolute atomic E-state index is 0.123. The average molecular weight is 736 g/mol. The summed E-state index contributed by atoms with van der Waals surface area (Å²) in [6.07, 6.45) is 0.351. The molecule has 53 heavy (non-hydrogen) atoms. The molecule has 2 atom stereocenters. The first kappa shape index (κ1) is 38.5. The van der Waals surface area contributed by atoms with E-state index in [0.717, 1.165) is 16.7 Å². The molecule has 14 nitrogen and oxygen atoms in total. The van der Waals surface area contributed by atoms with Gasteiger partial charge >= 0.3 is 5.97 Å². The van der Waals surface area contributed by atoms with Crippen LogP contribution in [0.25, 0.3) is 0 Å². The lowest BCUT2D eigenvalue weighted by atomic mass is 9.87. The van der Waals surface area contributed by atoms with Crippen molar-refractivity contribution in [2.75, 3.05) is 70.5 Å². The largest absolute Gasteiger partial charge is 0.502 e. The molecule has 0 bridgehead atoms. The van der Waals surface area contributed by atoms with Gasteiger partial charge in [0, 0.05) is 12.6 Å². The Bertz CT molecular complexity index is 1960. The fourth-order valence-electron chi connectivity index (χ4n) is 6.80. The Labute approximate surface area is 307 Å². The van der Waals surface area contributed by atoms with Crippen LogP contribution >= 0.6 is 0 Å². The van der Waals surface area contributed by atoms with E-state index in [9.17, 15) is 14.7 Å². The number of benzene rings is 3. The van der Waals surface area contributed by atoms with E-state index in [0.29, 0.717) is 64.5 Å². The van der Waals surface area contributed by atoms with Crippen LogP contribution in [0.5, 0.6) is 51.7 Å². The fraction of sp³-hybridized carbons (Fsp3) is 0.385. The van der Waals surface area contributed by atoms with Gasteiger partial charge in [-0.2, -0.15) is 0 Å². The van der Waals surface area contributed by atoms with Gasteiger partial charge in [-0.15, -0.1) is 0 Å². The molecular formula is C39H45NO13. The molecule has 0 fully saturated rings. The van der Waals surface area contributed by atoms with Crippen LogP contribution in [-0.4, -0.2) is 86.5 Å². The quantitative estimate of drug-likeness (QED) is 0.158. The Morgan fingerprint density at radius 2 is 1.26 bits per heavy atom. The standard InChI is InChI=1S/C39H45NO13/c1-44-28-12-21-10-11-40(35(25(21)18-29(28)45-2)23-15-32(48-5)39(52-9)33(16-23)49-6)20-24-17-27(41)36(43)37(53-24)26(19-34(42)50-7)22-13-30(46-3)38(51-8)31(14-22)47-4/h12-18,26,35,43H,10-11,19-20H2,1-9H3/t26-,35+/m1/s1. The average Bonchev–Trinajstić information content (AvgIpc) is 3.19. The lowest BCUT2D eigenvalue weighted by Crippen LogP contribution is -2.36. The highest BCUT2D eigenvalue weighted by Gasteiger charge is 2.34. The number of hydrogen-bond acceptors (Lipinski definition) is 14. The molecule has 5 rings (SSSR count). The molecule has 2 heterocycles. The third-order valence-corrected chi connectivity index (χ3v) is 9.34. The molecule has 3 aromatic carbocycles. The van der Waals surface area contributed by atoms with Crippen LogP contribution in [0.4, 0.5) is 0 Å². The summed E-state index contributed by atoms with van der Waals surface area (Å²) in [6.45, 7) is 0.653. The summed E-state index contributed by atoms with van der Waals surface area (Å²) in [7, 11) is 13.4. The van der Waals surface area contributed by atoms with E-state index in [2.05, 4.69) is 4.90 Å². The lowest BCUT2D eigenvalue weighted by molar-refractivity contribution is -0.140. The molecule has 284 valence electrons. The van der Waals surface area contributed by atoms with E-state index in [1.165, 1.54) is 41.6 Å². The smallest absolute Gasteiger partial charge is 0.306 e. The minimum Gasteiger partial charge on any atom is -0.502 e. The molecule has 0 radical (unpaired) electrons. The molecule has 1 aliphatic rings. The van der Waals surface area contributed by atoms with E-state index >= 15 is 0 Å². The maximum atomic E-state index is 13.5. The number of ether oxygens (including phenoxy) is 9. The van der Waals surface area contributed by atoms with Gasteiger partial charge in [0.05, 0.1) is 88.9 Å². The summed E-state index contributed by atoms with van der Waals surface area (Å²) in [4.78, 5) is 28.4. The normalized spacial score (nSPS) is 14.4. The predicted molar refractivity (Wildman–Crippen MR) is 193 cm³/mol. The fourth-order valence-corrected chi connectivity index (χ4v) is 6.80. The third-order valence-electron chi connectivity index (χ3n) is 9.34. The topological polar surface area (TPSA) is 154 Å². The van der Waals surface area contributed by atoms with Crippen molar-refractivity contribution in [1.29, 1.82) is 0 Å². The number of hydrogen-bond donors (Lipinski definition) is 1.